The summed E-state index contributed by atoms with van der Waals surface area (Å²) in [5, 5.41) is 9.79. The molecule has 0 aliphatic heterocycles. The first kappa shape index (κ1) is 20.2. The number of pyridine rings is 1. The van der Waals surface area contributed by atoms with Crippen molar-refractivity contribution in [3.8, 4) is 5.88 Å². The number of hydrogen-bond acceptors (Lipinski definition) is 5. The Morgan fingerprint density at radius 1 is 1.31 bits per heavy atom. The van der Waals surface area contributed by atoms with E-state index in [1.165, 1.54) is 0 Å². The van der Waals surface area contributed by atoms with Crippen LogP contribution in [0.25, 0.3) is 0 Å². The largest absolute Gasteiger partial charge is 0.477 e. The van der Waals surface area contributed by atoms with Gasteiger partial charge in [0, 0.05) is 30.7 Å². The van der Waals surface area contributed by atoms with Crippen molar-refractivity contribution in [3.05, 3.63) is 40.0 Å². The Labute approximate surface area is 160 Å². The van der Waals surface area contributed by atoms with Crippen LogP contribution in [-0.4, -0.2) is 29.6 Å². The van der Waals surface area contributed by atoms with Crippen LogP contribution in [0, 0.1) is 0 Å². The summed E-state index contributed by atoms with van der Waals surface area (Å²) in [7, 11) is 1.76. The molecule has 0 fully saturated rings. The van der Waals surface area contributed by atoms with E-state index in [4.69, 9.17) is 4.74 Å². The standard InChI is InChI=1S/C19H29N5OS/c1-5-6-10-25-18-15(8-7-9-21-18)11-22-19(20-4)23-12-17-24-16(13-26-17)14(2)3/h7-9,13-14H,5-6,10-12H2,1-4H3,(H2,20,22,23). The molecule has 2 heterocycles. The van der Waals surface area contributed by atoms with Crippen LogP contribution < -0.4 is 15.4 Å². The van der Waals surface area contributed by atoms with Crippen molar-refractivity contribution in [1.29, 1.82) is 0 Å². The molecule has 0 spiro atoms. The van der Waals surface area contributed by atoms with Crippen molar-refractivity contribution in [2.75, 3.05) is 13.7 Å². The third-order valence-electron chi connectivity index (χ3n) is 3.82. The van der Waals surface area contributed by atoms with Gasteiger partial charge in [0.05, 0.1) is 18.8 Å². The minimum atomic E-state index is 0.453. The molecule has 0 saturated carbocycles. The third kappa shape index (κ3) is 6.29. The summed E-state index contributed by atoms with van der Waals surface area (Å²) in [4.78, 5) is 13.2. The van der Waals surface area contributed by atoms with Crippen LogP contribution in [0.15, 0.2) is 28.7 Å². The fourth-order valence-corrected chi connectivity index (χ4v) is 3.13. The van der Waals surface area contributed by atoms with Crippen LogP contribution in [0.3, 0.4) is 0 Å². The molecular formula is C19H29N5OS. The zero-order chi connectivity index (χ0) is 18.8. The summed E-state index contributed by atoms with van der Waals surface area (Å²) in [5.41, 5.74) is 2.15. The molecule has 0 amide bonds. The van der Waals surface area contributed by atoms with E-state index in [9.17, 15) is 0 Å². The van der Waals surface area contributed by atoms with Gasteiger partial charge in [-0.3, -0.25) is 4.99 Å². The molecule has 0 bridgehead atoms. The van der Waals surface area contributed by atoms with Crippen LogP contribution in [0.2, 0.25) is 0 Å². The van der Waals surface area contributed by atoms with Gasteiger partial charge >= 0.3 is 0 Å². The Morgan fingerprint density at radius 2 is 2.12 bits per heavy atom. The Balaban J connectivity index is 1.86. The molecule has 0 aliphatic rings. The molecule has 142 valence electrons. The molecule has 7 heteroatoms. The van der Waals surface area contributed by atoms with Crippen LogP contribution in [0.1, 0.15) is 55.8 Å². The number of thiazole rings is 1. The highest BCUT2D eigenvalue weighted by Gasteiger charge is 2.08. The fraction of sp³-hybridized carbons (Fsp3) is 0.526. The van der Waals surface area contributed by atoms with Gasteiger partial charge in [0.15, 0.2) is 5.96 Å². The van der Waals surface area contributed by atoms with Crippen molar-refractivity contribution in [2.24, 2.45) is 4.99 Å². The SMILES string of the molecule is CCCCOc1ncccc1CNC(=NC)NCc1nc(C(C)C)cs1. The van der Waals surface area contributed by atoms with E-state index < -0.39 is 0 Å². The molecule has 0 unspecified atom stereocenters. The van der Waals surface area contributed by atoms with E-state index in [0.29, 0.717) is 31.5 Å². The number of aromatic nitrogens is 2. The van der Waals surface area contributed by atoms with Gasteiger partial charge in [-0.2, -0.15) is 0 Å². The molecule has 0 radical (unpaired) electrons. The normalized spacial score (nSPS) is 11.7. The van der Waals surface area contributed by atoms with Gasteiger partial charge in [-0.25, -0.2) is 9.97 Å². The summed E-state index contributed by atoms with van der Waals surface area (Å²) in [5.74, 6) is 1.87. The lowest BCUT2D eigenvalue weighted by Gasteiger charge is -2.13. The number of nitrogens with zero attached hydrogens (tertiary/aromatic N) is 3. The Morgan fingerprint density at radius 3 is 2.81 bits per heavy atom. The molecule has 0 atom stereocenters. The first-order chi connectivity index (χ1) is 12.6. The van der Waals surface area contributed by atoms with E-state index >= 15 is 0 Å². The molecule has 0 saturated heterocycles. The molecular weight excluding hydrogens is 346 g/mol. The zero-order valence-corrected chi connectivity index (χ0v) is 16.9. The average Bonchev–Trinajstić information content (AvgIpc) is 3.12. The van der Waals surface area contributed by atoms with Crippen molar-refractivity contribution in [1.82, 2.24) is 20.6 Å². The Kier molecular flexibility index (Phi) is 8.34. The molecule has 6 nitrogen and oxygen atoms in total. The van der Waals surface area contributed by atoms with Gasteiger partial charge in [-0.1, -0.05) is 33.3 Å². The molecule has 0 aliphatic carbocycles. The fourth-order valence-electron chi connectivity index (χ4n) is 2.23. The molecule has 2 aromatic heterocycles. The smallest absolute Gasteiger partial charge is 0.218 e. The number of ether oxygens (including phenoxy) is 1. The number of nitrogens with one attached hydrogen (secondary N) is 2. The summed E-state index contributed by atoms with van der Waals surface area (Å²) < 4.78 is 5.78. The van der Waals surface area contributed by atoms with E-state index in [-0.39, 0.29) is 0 Å². The van der Waals surface area contributed by atoms with Gasteiger partial charge in [0.1, 0.15) is 5.01 Å². The minimum Gasteiger partial charge on any atom is -0.477 e. The Hall–Kier alpha value is -2.15. The number of aliphatic imine (C=N–C) groups is 1. The second kappa shape index (κ2) is 10.8. The van der Waals surface area contributed by atoms with Crippen LogP contribution in [0.4, 0.5) is 0 Å². The maximum absolute atomic E-state index is 5.78. The molecule has 2 rings (SSSR count). The summed E-state index contributed by atoms with van der Waals surface area (Å²) in [6, 6.07) is 3.94. The van der Waals surface area contributed by atoms with Crippen molar-refractivity contribution in [2.45, 2.75) is 52.6 Å². The first-order valence-corrected chi connectivity index (χ1v) is 9.97. The van der Waals surface area contributed by atoms with Gasteiger partial charge < -0.3 is 15.4 Å². The van der Waals surface area contributed by atoms with Crippen molar-refractivity contribution in [3.63, 3.8) is 0 Å². The van der Waals surface area contributed by atoms with Crippen LogP contribution in [0.5, 0.6) is 5.88 Å². The second-order valence-electron chi connectivity index (χ2n) is 6.27. The number of rotatable bonds is 9. The van der Waals surface area contributed by atoms with Gasteiger partial charge in [0.2, 0.25) is 5.88 Å². The predicted octanol–water partition coefficient (Wildman–Crippen LogP) is 3.71. The second-order valence-corrected chi connectivity index (χ2v) is 7.21. The lowest BCUT2D eigenvalue weighted by atomic mass is 10.2. The highest BCUT2D eigenvalue weighted by molar-refractivity contribution is 7.09. The lowest BCUT2D eigenvalue weighted by molar-refractivity contribution is 0.294. The summed E-state index contributed by atoms with van der Waals surface area (Å²) >= 11 is 1.67. The number of hydrogen-bond donors (Lipinski definition) is 2. The van der Waals surface area contributed by atoms with Gasteiger partial charge in [-0.05, 0) is 18.4 Å². The topological polar surface area (TPSA) is 71.4 Å². The van der Waals surface area contributed by atoms with E-state index in [1.54, 1.807) is 24.6 Å². The number of guanidine groups is 1. The molecule has 0 aromatic carbocycles. The maximum atomic E-state index is 5.78. The molecule has 2 N–H and O–H groups in total. The Bertz CT molecular complexity index is 699. The highest BCUT2D eigenvalue weighted by atomic mass is 32.1. The van der Waals surface area contributed by atoms with E-state index in [2.05, 4.69) is 51.7 Å². The summed E-state index contributed by atoms with van der Waals surface area (Å²) in [6.07, 6.45) is 3.89. The predicted molar refractivity (Wildman–Crippen MR) is 108 cm³/mol. The van der Waals surface area contributed by atoms with Gasteiger partial charge in [-0.15, -0.1) is 11.3 Å². The highest BCUT2D eigenvalue weighted by Crippen LogP contribution is 2.17. The zero-order valence-electron chi connectivity index (χ0n) is 16.1. The first-order valence-electron chi connectivity index (χ1n) is 9.09. The van der Waals surface area contributed by atoms with E-state index in [1.807, 2.05) is 12.1 Å². The minimum absolute atomic E-state index is 0.453. The van der Waals surface area contributed by atoms with Gasteiger partial charge in [0.25, 0.3) is 0 Å². The molecule has 2 aromatic rings. The quantitative estimate of drug-likeness (QED) is 0.397. The molecule has 26 heavy (non-hydrogen) atoms. The average molecular weight is 376 g/mol. The lowest BCUT2D eigenvalue weighted by Crippen LogP contribution is -2.36. The van der Waals surface area contributed by atoms with Crippen LogP contribution >= 0.6 is 11.3 Å². The monoisotopic (exact) mass is 375 g/mol. The van der Waals surface area contributed by atoms with Crippen molar-refractivity contribution < 1.29 is 4.74 Å². The van der Waals surface area contributed by atoms with Crippen molar-refractivity contribution >= 4 is 17.3 Å². The maximum Gasteiger partial charge on any atom is 0.218 e. The van der Waals surface area contributed by atoms with E-state index in [0.717, 1.165) is 35.1 Å². The summed E-state index contributed by atoms with van der Waals surface area (Å²) in [6.45, 7) is 8.40. The third-order valence-corrected chi connectivity index (χ3v) is 4.69. The van der Waals surface area contributed by atoms with Crippen LogP contribution in [-0.2, 0) is 13.1 Å². The number of unbranched alkanes of at least 4 members (excludes halogenated alkanes) is 1.